The summed E-state index contributed by atoms with van der Waals surface area (Å²) in [6.07, 6.45) is 1.66. The Morgan fingerprint density at radius 3 is 3.00 bits per heavy atom. The third-order valence-electron chi connectivity index (χ3n) is 2.36. The highest BCUT2D eigenvalue weighted by Crippen LogP contribution is 2.11. The van der Waals surface area contributed by atoms with Crippen molar-refractivity contribution in [2.75, 3.05) is 6.61 Å². The largest absolute Gasteiger partial charge is 0.461 e. The zero-order chi connectivity index (χ0) is 11.7. The first-order valence-electron chi connectivity index (χ1n) is 4.99. The van der Waals surface area contributed by atoms with Gasteiger partial charge in [-0.2, -0.15) is 0 Å². The Labute approximate surface area is 91.6 Å². The maximum Gasteiger partial charge on any atom is 0.354 e. The molecule has 2 aromatic heterocycles. The number of aromatic nitrogens is 2. The summed E-state index contributed by atoms with van der Waals surface area (Å²) in [7, 11) is 1.66. The number of H-pyrrole nitrogens is 1. The molecule has 5 nitrogen and oxygen atoms in total. The summed E-state index contributed by atoms with van der Waals surface area (Å²) in [6.45, 7) is 2.05. The van der Waals surface area contributed by atoms with Crippen molar-refractivity contribution in [3.63, 3.8) is 0 Å². The van der Waals surface area contributed by atoms with Gasteiger partial charge in [-0.1, -0.05) is 0 Å². The molecule has 0 bridgehead atoms. The number of hydrogen-bond donors (Lipinski definition) is 1. The number of aryl methyl sites for hydroxylation is 1. The molecule has 0 fully saturated rings. The summed E-state index contributed by atoms with van der Waals surface area (Å²) >= 11 is 0. The van der Waals surface area contributed by atoms with E-state index < -0.39 is 5.97 Å². The molecule has 2 aromatic rings. The molecule has 0 spiro atoms. The van der Waals surface area contributed by atoms with E-state index >= 15 is 0 Å². The quantitative estimate of drug-likeness (QED) is 0.769. The molecule has 5 heteroatoms. The average Bonchev–Trinajstić information content (AvgIpc) is 2.69. The second-order valence-corrected chi connectivity index (χ2v) is 3.47. The molecule has 0 saturated heterocycles. The molecule has 0 amide bonds. The van der Waals surface area contributed by atoms with Crippen LogP contribution in [0.1, 0.15) is 17.4 Å². The fourth-order valence-corrected chi connectivity index (χ4v) is 1.53. The number of ether oxygens (including phenoxy) is 1. The topological polar surface area (TPSA) is 64.1 Å². The first-order valence-corrected chi connectivity index (χ1v) is 4.99. The molecular formula is C11H12N2O3. The third kappa shape index (κ3) is 1.60. The van der Waals surface area contributed by atoms with Gasteiger partial charge in [-0.3, -0.25) is 4.79 Å². The Bertz CT molecular complexity index is 595. The van der Waals surface area contributed by atoms with Gasteiger partial charge in [0.2, 0.25) is 0 Å². The van der Waals surface area contributed by atoms with Gasteiger partial charge in [-0.15, -0.1) is 0 Å². The number of pyridine rings is 1. The normalized spacial score (nSPS) is 10.6. The number of aromatic amines is 1. The van der Waals surface area contributed by atoms with Gasteiger partial charge in [-0.25, -0.2) is 4.79 Å². The molecule has 0 radical (unpaired) electrons. The monoisotopic (exact) mass is 220 g/mol. The average molecular weight is 220 g/mol. The first-order chi connectivity index (χ1) is 7.63. The molecule has 0 aliphatic carbocycles. The lowest BCUT2D eigenvalue weighted by Crippen LogP contribution is -2.15. The smallest absolute Gasteiger partial charge is 0.354 e. The van der Waals surface area contributed by atoms with Crippen LogP contribution in [0.15, 0.2) is 23.1 Å². The Balaban J connectivity index is 2.56. The standard InChI is InChI=1S/C11H12N2O3/c1-3-16-11(15)8-6-7-4-5-13(2)10(14)9(7)12-8/h4-6,12H,3H2,1-2H3. The van der Waals surface area contributed by atoms with Gasteiger partial charge in [0.05, 0.1) is 6.61 Å². The zero-order valence-electron chi connectivity index (χ0n) is 9.11. The van der Waals surface area contributed by atoms with Crippen LogP contribution in [0.5, 0.6) is 0 Å². The second-order valence-electron chi connectivity index (χ2n) is 3.47. The van der Waals surface area contributed by atoms with E-state index in [9.17, 15) is 9.59 Å². The third-order valence-corrected chi connectivity index (χ3v) is 2.36. The summed E-state index contributed by atoms with van der Waals surface area (Å²) in [4.78, 5) is 25.9. The predicted octanol–water partition coefficient (Wildman–Crippen LogP) is 1.04. The molecule has 2 rings (SSSR count). The van der Waals surface area contributed by atoms with Crippen LogP contribution in [0.4, 0.5) is 0 Å². The molecule has 0 atom stereocenters. The zero-order valence-corrected chi connectivity index (χ0v) is 9.11. The van der Waals surface area contributed by atoms with Crippen LogP contribution in [0.3, 0.4) is 0 Å². The van der Waals surface area contributed by atoms with Crippen molar-refractivity contribution in [2.45, 2.75) is 6.92 Å². The van der Waals surface area contributed by atoms with Crippen molar-refractivity contribution in [1.82, 2.24) is 9.55 Å². The van der Waals surface area contributed by atoms with Crippen LogP contribution >= 0.6 is 0 Å². The number of hydrogen-bond acceptors (Lipinski definition) is 3. The second kappa shape index (κ2) is 3.84. The van der Waals surface area contributed by atoms with E-state index in [0.29, 0.717) is 23.2 Å². The van der Waals surface area contributed by atoms with Gasteiger partial charge in [0.25, 0.3) is 5.56 Å². The van der Waals surface area contributed by atoms with Crippen molar-refractivity contribution in [1.29, 1.82) is 0 Å². The summed E-state index contributed by atoms with van der Waals surface area (Å²) in [6, 6.07) is 3.39. The molecule has 0 aliphatic rings. The Kier molecular flexibility index (Phi) is 2.52. The molecular weight excluding hydrogens is 208 g/mol. The van der Waals surface area contributed by atoms with E-state index in [2.05, 4.69) is 4.98 Å². The number of nitrogens with zero attached hydrogens (tertiary/aromatic N) is 1. The fourth-order valence-electron chi connectivity index (χ4n) is 1.53. The number of fused-ring (bicyclic) bond motifs is 1. The lowest BCUT2D eigenvalue weighted by molar-refractivity contribution is 0.0520. The highest BCUT2D eigenvalue weighted by molar-refractivity contribution is 5.94. The van der Waals surface area contributed by atoms with Gasteiger partial charge < -0.3 is 14.3 Å². The van der Waals surface area contributed by atoms with Crippen molar-refractivity contribution in [3.05, 3.63) is 34.4 Å². The van der Waals surface area contributed by atoms with E-state index in [4.69, 9.17) is 4.74 Å². The Morgan fingerprint density at radius 1 is 1.56 bits per heavy atom. The van der Waals surface area contributed by atoms with Gasteiger partial charge >= 0.3 is 5.97 Å². The molecule has 84 valence electrons. The molecule has 0 aromatic carbocycles. The van der Waals surface area contributed by atoms with E-state index in [-0.39, 0.29) is 5.56 Å². The van der Waals surface area contributed by atoms with Gasteiger partial charge in [-0.05, 0) is 19.1 Å². The van der Waals surface area contributed by atoms with Gasteiger partial charge in [0.1, 0.15) is 11.2 Å². The van der Waals surface area contributed by atoms with Gasteiger partial charge in [0, 0.05) is 18.6 Å². The van der Waals surface area contributed by atoms with Crippen molar-refractivity contribution >= 4 is 16.9 Å². The number of esters is 1. The molecule has 1 N–H and O–H groups in total. The Hall–Kier alpha value is -2.04. The number of nitrogens with one attached hydrogen (secondary N) is 1. The summed E-state index contributed by atoms with van der Waals surface area (Å²) in [5.74, 6) is -0.444. The lowest BCUT2D eigenvalue weighted by atomic mass is 10.3. The van der Waals surface area contributed by atoms with Crippen LogP contribution in [0.25, 0.3) is 10.9 Å². The number of rotatable bonds is 2. The molecule has 0 unspecified atom stereocenters. The van der Waals surface area contributed by atoms with Crippen LogP contribution < -0.4 is 5.56 Å². The minimum Gasteiger partial charge on any atom is -0.461 e. The fraction of sp³-hybridized carbons (Fsp3) is 0.273. The molecule has 0 aliphatic heterocycles. The lowest BCUT2D eigenvalue weighted by Gasteiger charge is -1.96. The van der Waals surface area contributed by atoms with Crippen LogP contribution in [-0.4, -0.2) is 22.1 Å². The van der Waals surface area contributed by atoms with Crippen LogP contribution in [-0.2, 0) is 11.8 Å². The van der Waals surface area contributed by atoms with Crippen molar-refractivity contribution in [3.8, 4) is 0 Å². The predicted molar refractivity (Wildman–Crippen MR) is 59.5 cm³/mol. The highest BCUT2D eigenvalue weighted by atomic mass is 16.5. The van der Waals surface area contributed by atoms with E-state index in [1.165, 1.54) is 4.57 Å². The van der Waals surface area contributed by atoms with E-state index in [1.807, 2.05) is 0 Å². The first kappa shape index (κ1) is 10.5. The minimum absolute atomic E-state index is 0.159. The minimum atomic E-state index is -0.444. The van der Waals surface area contributed by atoms with E-state index in [1.54, 1.807) is 32.3 Å². The maximum atomic E-state index is 11.7. The summed E-state index contributed by atoms with van der Waals surface area (Å²) < 4.78 is 6.30. The Morgan fingerprint density at radius 2 is 2.31 bits per heavy atom. The molecule has 0 saturated carbocycles. The number of carbonyl (C=O) groups excluding carboxylic acids is 1. The van der Waals surface area contributed by atoms with E-state index in [0.717, 1.165) is 0 Å². The maximum absolute atomic E-state index is 11.7. The van der Waals surface area contributed by atoms with Crippen LogP contribution in [0, 0.1) is 0 Å². The molecule has 16 heavy (non-hydrogen) atoms. The van der Waals surface area contributed by atoms with Crippen LogP contribution in [0.2, 0.25) is 0 Å². The van der Waals surface area contributed by atoms with Crippen molar-refractivity contribution in [2.24, 2.45) is 7.05 Å². The number of carbonyl (C=O) groups is 1. The van der Waals surface area contributed by atoms with Crippen molar-refractivity contribution < 1.29 is 9.53 Å². The molecule has 2 heterocycles. The summed E-state index contributed by atoms with van der Waals surface area (Å²) in [5.41, 5.74) is 0.571. The SMILES string of the molecule is CCOC(=O)c1cc2ccn(C)c(=O)c2[nH]1. The highest BCUT2D eigenvalue weighted by Gasteiger charge is 2.12. The summed E-state index contributed by atoms with van der Waals surface area (Å²) in [5, 5.41) is 0.714. The van der Waals surface area contributed by atoms with Gasteiger partial charge in [0.15, 0.2) is 0 Å².